The highest BCUT2D eigenvalue weighted by molar-refractivity contribution is 5.50. The Kier molecular flexibility index (Phi) is 2.94. The Morgan fingerprint density at radius 3 is 3.29 bits per heavy atom. The maximum atomic E-state index is 5.48. The molecule has 1 unspecified atom stereocenters. The molecule has 5 nitrogen and oxygen atoms in total. The van der Waals surface area contributed by atoms with Crippen LogP contribution < -0.4 is 10.2 Å². The van der Waals surface area contributed by atoms with Crippen molar-refractivity contribution < 1.29 is 4.74 Å². The van der Waals surface area contributed by atoms with Gasteiger partial charge in [0, 0.05) is 31.6 Å². The lowest BCUT2D eigenvalue weighted by atomic mass is 10.1. The summed E-state index contributed by atoms with van der Waals surface area (Å²) in [5.74, 6) is 1.10. The van der Waals surface area contributed by atoms with Gasteiger partial charge in [0.2, 0.25) is 0 Å². The number of morpholine rings is 1. The zero-order chi connectivity index (χ0) is 11.7. The first-order chi connectivity index (χ1) is 8.36. The van der Waals surface area contributed by atoms with Crippen molar-refractivity contribution in [2.24, 2.45) is 0 Å². The Bertz CT molecular complexity index is 409. The predicted octanol–water partition coefficient (Wildman–Crippen LogP) is 0.347. The zero-order valence-corrected chi connectivity index (χ0v) is 10.1. The molecule has 0 aromatic carbocycles. The second-order valence-electron chi connectivity index (χ2n) is 4.67. The Morgan fingerprint density at radius 1 is 1.47 bits per heavy atom. The minimum atomic E-state index is 0.393. The Balaban J connectivity index is 1.96. The number of nitrogens with zero attached hydrogens (tertiary/aromatic N) is 3. The molecule has 0 aliphatic carbocycles. The standard InChI is InChI=1S/C12H18N4O/c1-9-7-17-5-4-16(9)12-10-6-13-3-2-11(10)14-8-15-12/h8-9,13H,2-7H2,1H3. The van der Waals surface area contributed by atoms with Crippen LogP contribution in [0.4, 0.5) is 5.82 Å². The SMILES string of the molecule is CC1COCCN1c1ncnc2c1CNCC2. The molecule has 17 heavy (non-hydrogen) atoms. The van der Waals surface area contributed by atoms with E-state index in [0.29, 0.717) is 6.04 Å². The number of hydrogen-bond donors (Lipinski definition) is 1. The molecule has 1 aromatic rings. The van der Waals surface area contributed by atoms with Crippen molar-refractivity contribution in [2.75, 3.05) is 31.2 Å². The van der Waals surface area contributed by atoms with Gasteiger partial charge in [0.15, 0.2) is 0 Å². The van der Waals surface area contributed by atoms with E-state index in [1.54, 1.807) is 6.33 Å². The second-order valence-corrected chi connectivity index (χ2v) is 4.67. The maximum Gasteiger partial charge on any atom is 0.137 e. The van der Waals surface area contributed by atoms with Gasteiger partial charge in [0.25, 0.3) is 0 Å². The van der Waals surface area contributed by atoms with Gasteiger partial charge in [-0.3, -0.25) is 0 Å². The van der Waals surface area contributed by atoms with Gasteiger partial charge in [-0.1, -0.05) is 0 Å². The van der Waals surface area contributed by atoms with Crippen molar-refractivity contribution in [3.05, 3.63) is 17.6 Å². The van der Waals surface area contributed by atoms with Gasteiger partial charge in [-0.15, -0.1) is 0 Å². The Labute approximate surface area is 101 Å². The lowest BCUT2D eigenvalue weighted by molar-refractivity contribution is 0.0984. The number of hydrogen-bond acceptors (Lipinski definition) is 5. The van der Waals surface area contributed by atoms with E-state index in [1.165, 1.54) is 11.3 Å². The molecule has 0 radical (unpaired) electrons. The van der Waals surface area contributed by atoms with Crippen molar-refractivity contribution >= 4 is 5.82 Å². The lowest BCUT2D eigenvalue weighted by Gasteiger charge is -2.36. The fourth-order valence-corrected chi connectivity index (χ4v) is 2.54. The number of anilines is 1. The average molecular weight is 234 g/mol. The van der Waals surface area contributed by atoms with Crippen molar-refractivity contribution in [1.29, 1.82) is 0 Å². The largest absolute Gasteiger partial charge is 0.377 e. The summed E-state index contributed by atoms with van der Waals surface area (Å²) in [5.41, 5.74) is 2.47. The van der Waals surface area contributed by atoms with Gasteiger partial charge in [-0.2, -0.15) is 0 Å². The number of fused-ring (bicyclic) bond motifs is 1. The normalized spacial score (nSPS) is 24.5. The minimum Gasteiger partial charge on any atom is -0.377 e. The highest BCUT2D eigenvalue weighted by Crippen LogP contribution is 2.25. The van der Waals surface area contributed by atoms with E-state index in [0.717, 1.165) is 45.1 Å². The van der Waals surface area contributed by atoms with Crippen LogP contribution in [0.25, 0.3) is 0 Å². The molecule has 3 heterocycles. The monoisotopic (exact) mass is 234 g/mol. The fraction of sp³-hybridized carbons (Fsp3) is 0.667. The predicted molar refractivity (Wildman–Crippen MR) is 65.1 cm³/mol. The molecule has 1 aromatic heterocycles. The third-order valence-corrected chi connectivity index (χ3v) is 3.49. The van der Waals surface area contributed by atoms with Crippen molar-refractivity contribution in [3.63, 3.8) is 0 Å². The van der Waals surface area contributed by atoms with Gasteiger partial charge >= 0.3 is 0 Å². The van der Waals surface area contributed by atoms with Crippen molar-refractivity contribution in [3.8, 4) is 0 Å². The Hall–Kier alpha value is -1.20. The quantitative estimate of drug-likeness (QED) is 0.759. The van der Waals surface area contributed by atoms with Gasteiger partial charge in [-0.25, -0.2) is 9.97 Å². The second kappa shape index (κ2) is 4.58. The summed E-state index contributed by atoms with van der Waals surface area (Å²) < 4.78 is 5.48. The van der Waals surface area contributed by atoms with E-state index in [9.17, 15) is 0 Å². The minimum absolute atomic E-state index is 0.393. The average Bonchev–Trinajstić information content (AvgIpc) is 2.39. The highest BCUT2D eigenvalue weighted by Gasteiger charge is 2.25. The van der Waals surface area contributed by atoms with E-state index < -0.39 is 0 Å². The molecule has 1 fully saturated rings. The molecule has 1 N–H and O–H groups in total. The van der Waals surface area contributed by atoms with Crippen LogP contribution in [0.1, 0.15) is 18.2 Å². The van der Waals surface area contributed by atoms with Crippen LogP contribution in [0, 0.1) is 0 Å². The van der Waals surface area contributed by atoms with Gasteiger partial charge < -0.3 is 15.0 Å². The molecular formula is C12H18N4O. The third-order valence-electron chi connectivity index (χ3n) is 3.49. The maximum absolute atomic E-state index is 5.48. The third kappa shape index (κ3) is 2.00. The summed E-state index contributed by atoms with van der Waals surface area (Å²) in [4.78, 5) is 11.2. The summed E-state index contributed by atoms with van der Waals surface area (Å²) in [5, 5.41) is 3.40. The fourth-order valence-electron chi connectivity index (χ4n) is 2.54. The first-order valence-corrected chi connectivity index (χ1v) is 6.24. The van der Waals surface area contributed by atoms with Crippen LogP contribution in [-0.4, -0.2) is 42.3 Å². The van der Waals surface area contributed by atoms with Gasteiger partial charge in [-0.05, 0) is 6.92 Å². The van der Waals surface area contributed by atoms with E-state index >= 15 is 0 Å². The molecule has 92 valence electrons. The Morgan fingerprint density at radius 2 is 2.41 bits per heavy atom. The van der Waals surface area contributed by atoms with E-state index in [2.05, 4.69) is 27.1 Å². The van der Waals surface area contributed by atoms with Gasteiger partial charge in [0.05, 0.1) is 24.9 Å². The highest BCUT2D eigenvalue weighted by atomic mass is 16.5. The first kappa shape index (κ1) is 10.9. The molecular weight excluding hydrogens is 216 g/mol. The van der Waals surface area contributed by atoms with Crippen LogP contribution in [0.5, 0.6) is 0 Å². The first-order valence-electron chi connectivity index (χ1n) is 6.24. The zero-order valence-electron chi connectivity index (χ0n) is 10.1. The number of aromatic nitrogens is 2. The van der Waals surface area contributed by atoms with Crippen LogP contribution in [-0.2, 0) is 17.7 Å². The number of nitrogens with one attached hydrogen (secondary N) is 1. The summed E-state index contributed by atoms with van der Waals surface area (Å²) in [6, 6.07) is 0.393. The summed E-state index contributed by atoms with van der Waals surface area (Å²) >= 11 is 0. The summed E-state index contributed by atoms with van der Waals surface area (Å²) in [6.07, 6.45) is 2.70. The summed E-state index contributed by atoms with van der Waals surface area (Å²) in [7, 11) is 0. The molecule has 1 saturated heterocycles. The molecule has 5 heteroatoms. The molecule has 1 atom stereocenters. The smallest absolute Gasteiger partial charge is 0.137 e. The van der Waals surface area contributed by atoms with Crippen molar-refractivity contribution in [1.82, 2.24) is 15.3 Å². The van der Waals surface area contributed by atoms with E-state index in [-0.39, 0.29) is 0 Å². The van der Waals surface area contributed by atoms with E-state index in [1.807, 2.05) is 0 Å². The van der Waals surface area contributed by atoms with Crippen molar-refractivity contribution in [2.45, 2.75) is 25.9 Å². The lowest BCUT2D eigenvalue weighted by Crippen LogP contribution is -2.45. The molecule has 0 amide bonds. The molecule has 2 aliphatic heterocycles. The molecule has 3 rings (SSSR count). The number of rotatable bonds is 1. The number of ether oxygens (including phenoxy) is 1. The van der Waals surface area contributed by atoms with Crippen LogP contribution >= 0.6 is 0 Å². The molecule has 0 saturated carbocycles. The van der Waals surface area contributed by atoms with Crippen LogP contribution in [0.3, 0.4) is 0 Å². The molecule has 0 spiro atoms. The molecule has 0 bridgehead atoms. The summed E-state index contributed by atoms with van der Waals surface area (Å²) in [6.45, 7) is 6.58. The topological polar surface area (TPSA) is 50.3 Å². The van der Waals surface area contributed by atoms with Crippen LogP contribution in [0.15, 0.2) is 6.33 Å². The van der Waals surface area contributed by atoms with Crippen LogP contribution in [0.2, 0.25) is 0 Å². The van der Waals surface area contributed by atoms with E-state index in [4.69, 9.17) is 4.74 Å². The van der Waals surface area contributed by atoms with Gasteiger partial charge in [0.1, 0.15) is 12.1 Å². The molecule has 2 aliphatic rings.